The molecule has 3 rings (SSSR count). The third-order valence-corrected chi connectivity index (χ3v) is 4.95. The molecule has 0 unspecified atom stereocenters. The van der Waals surface area contributed by atoms with Gasteiger partial charge in [0.25, 0.3) is 0 Å². The summed E-state index contributed by atoms with van der Waals surface area (Å²) in [6.45, 7) is 11.0. The number of carbonyl (C=O) groups is 1. The van der Waals surface area contributed by atoms with Crippen LogP contribution in [0.5, 0.6) is 0 Å². The number of aryl methyl sites for hydroxylation is 1. The predicted octanol–water partition coefficient (Wildman–Crippen LogP) is 3.90. The molecule has 0 radical (unpaired) electrons. The SMILES string of the molecule is Cc1ccccc1-c1cc(N2CCOCC2)ncc1N(C)C(=O)C(C)(C)C. The second-order valence-electron chi connectivity index (χ2n) is 8.09. The number of hydrogen-bond donors (Lipinski definition) is 0. The molecule has 27 heavy (non-hydrogen) atoms. The first kappa shape index (κ1) is 19.4. The van der Waals surface area contributed by atoms with Gasteiger partial charge in [0.2, 0.25) is 5.91 Å². The van der Waals surface area contributed by atoms with Crippen LogP contribution in [-0.4, -0.2) is 44.2 Å². The molecule has 0 aliphatic carbocycles. The molecular weight excluding hydrogens is 338 g/mol. The van der Waals surface area contributed by atoms with Crippen molar-refractivity contribution in [3.8, 4) is 11.1 Å². The maximum atomic E-state index is 12.9. The number of anilines is 2. The minimum Gasteiger partial charge on any atom is -0.378 e. The molecule has 1 saturated heterocycles. The zero-order valence-electron chi connectivity index (χ0n) is 17.0. The molecule has 0 N–H and O–H groups in total. The average Bonchev–Trinajstić information content (AvgIpc) is 2.67. The van der Waals surface area contributed by atoms with Gasteiger partial charge in [-0.25, -0.2) is 4.98 Å². The van der Waals surface area contributed by atoms with Crippen LogP contribution >= 0.6 is 0 Å². The van der Waals surface area contributed by atoms with Crippen LogP contribution in [0.1, 0.15) is 26.3 Å². The number of hydrogen-bond acceptors (Lipinski definition) is 4. The van der Waals surface area contributed by atoms with Gasteiger partial charge in [-0.05, 0) is 24.1 Å². The van der Waals surface area contributed by atoms with Crippen LogP contribution in [0.3, 0.4) is 0 Å². The molecule has 2 heterocycles. The minimum atomic E-state index is -0.458. The fourth-order valence-corrected chi connectivity index (χ4v) is 3.37. The van der Waals surface area contributed by atoms with Crippen LogP contribution in [0.2, 0.25) is 0 Å². The van der Waals surface area contributed by atoms with E-state index in [0.29, 0.717) is 13.2 Å². The number of rotatable bonds is 3. The van der Waals surface area contributed by atoms with Crippen LogP contribution in [0.4, 0.5) is 11.5 Å². The van der Waals surface area contributed by atoms with E-state index in [-0.39, 0.29) is 5.91 Å². The lowest BCUT2D eigenvalue weighted by Gasteiger charge is -2.31. The summed E-state index contributed by atoms with van der Waals surface area (Å²) in [5.74, 6) is 0.996. The minimum absolute atomic E-state index is 0.0678. The maximum absolute atomic E-state index is 12.9. The summed E-state index contributed by atoms with van der Waals surface area (Å²) in [7, 11) is 1.83. The molecular formula is C22H29N3O2. The van der Waals surface area contributed by atoms with Crippen molar-refractivity contribution in [2.75, 3.05) is 43.2 Å². The summed E-state index contributed by atoms with van der Waals surface area (Å²) in [4.78, 5) is 21.5. The summed E-state index contributed by atoms with van der Waals surface area (Å²) in [6, 6.07) is 10.4. The van der Waals surface area contributed by atoms with Gasteiger partial charge < -0.3 is 14.5 Å². The lowest BCUT2D eigenvalue weighted by atomic mass is 9.93. The number of amides is 1. The topological polar surface area (TPSA) is 45.7 Å². The molecule has 0 atom stereocenters. The van der Waals surface area contributed by atoms with Crippen molar-refractivity contribution in [3.05, 3.63) is 42.1 Å². The van der Waals surface area contributed by atoms with Crippen LogP contribution in [0.15, 0.2) is 36.5 Å². The molecule has 1 aliphatic heterocycles. The van der Waals surface area contributed by atoms with E-state index < -0.39 is 5.41 Å². The fourth-order valence-electron chi connectivity index (χ4n) is 3.37. The van der Waals surface area contributed by atoms with E-state index in [2.05, 4.69) is 35.0 Å². The molecule has 1 amide bonds. The lowest BCUT2D eigenvalue weighted by Crippen LogP contribution is -2.38. The highest BCUT2D eigenvalue weighted by Crippen LogP contribution is 2.36. The highest BCUT2D eigenvalue weighted by molar-refractivity contribution is 6.00. The second kappa shape index (κ2) is 7.69. The average molecular weight is 367 g/mol. The lowest BCUT2D eigenvalue weighted by molar-refractivity contribution is -0.125. The smallest absolute Gasteiger partial charge is 0.232 e. The van der Waals surface area contributed by atoms with Gasteiger partial charge >= 0.3 is 0 Å². The van der Waals surface area contributed by atoms with Crippen molar-refractivity contribution in [2.45, 2.75) is 27.7 Å². The monoisotopic (exact) mass is 367 g/mol. The molecule has 0 spiro atoms. The van der Waals surface area contributed by atoms with Gasteiger partial charge in [-0.15, -0.1) is 0 Å². The molecule has 1 aliphatic rings. The van der Waals surface area contributed by atoms with E-state index in [0.717, 1.165) is 35.7 Å². The van der Waals surface area contributed by atoms with Crippen LogP contribution in [0, 0.1) is 12.3 Å². The Hall–Kier alpha value is -2.40. The Bertz CT molecular complexity index is 821. The Labute approximate surface area is 162 Å². The van der Waals surface area contributed by atoms with Crippen molar-refractivity contribution >= 4 is 17.4 Å². The van der Waals surface area contributed by atoms with Gasteiger partial charge in [-0.3, -0.25) is 4.79 Å². The Balaban J connectivity index is 2.10. The summed E-state index contributed by atoms with van der Waals surface area (Å²) in [5.41, 5.74) is 3.71. The molecule has 0 saturated carbocycles. The van der Waals surface area contributed by atoms with Gasteiger partial charge in [0.1, 0.15) is 5.82 Å². The van der Waals surface area contributed by atoms with Gasteiger partial charge in [0.15, 0.2) is 0 Å². The number of ether oxygens (including phenoxy) is 1. The van der Waals surface area contributed by atoms with E-state index in [1.807, 2.05) is 46.1 Å². The maximum Gasteiger partial charge on any atom is 0.232 e. The number of aromatic nitrogens is 1. The zero-order chi connectivity index (χ0) is 19.6. The molecule has 144 valence electrons. The number of benzene rings is 1. The molecule has 5 heteroatoms. The van der Waals surface area contributed by atoms with Gasteiger partial charge in [-0.1, -0.05) is 45.0 Å². The largest absolute Gasteiger partial charge is 0.378 e. The summed E-state index contributed by atoms with van der Waals surface area (Å²) < 4.78 is 5.46. The molecule has 1 fully saturated rings. The quantitative estimate of drug-likeness (QED) is 0.825. The van der Waals surface area contributed by atoms with Crippen molar-refractivity contribution in [2.24, 2.45) is 5.41 Å². The normalized spacial score (nSPS) is 14.9. The van der Waals surface area contributed by atoms with E-state index >= 15 is 0 Å². The Morgan fingerprint density at radius 3 is 2.44 bits per heavy atom. The molecule has 0 bridgehead atoms. The summed E-state index contributed by atoms with van der Waals surface area (Å²) in [5, 5.41) is 0. The highest BCUT2D eigenvalue weighted by Gasteiger charge is 2.28. The zero-order valence-corrected chi connectivity index (χ0v) is 17.0. The predicted molar refractivity (Wildman–Crippen MR) is 110 cm³/mol. The molecule has 1 aromatic heterocycles. The Kier molecular flexibility index (Phi) is 5.51. The highest BCUT2D eigenvalue weighted by atomic mass is 16.5. The molecule has 1 aromatic carbocycles. The number of morpholine rings is 1. The van der Waals surface area contributed by atoms with Crippen molar-refractivity contribution in [1.82, 2.24) is 4.98 Å². The van der Waals surface area contributed by atoms with E-state index in [9.17, 15) is 4.79 Å². The van der Waals surface area contributed by atoms with Gasteiger partial charge in [0, 0.05) is 31.1 Å². The first-order chi connectivity index (χ1) is 12.8. The Morgan fingerprint density at radius 1 is 1.15 bits per heavy atom. The first-order valence-electron chi connectivity index (χ1n) is 9.46. The van der Waals surface area contributed by atoms with Gasteiger partial charge in [-0.2, -0.15) is 0 Å². The number of nitrogens with zero attached hydrogens (tertiary/aromatic N) is 3. The fraction of sp³-hybridized carbons (Fsp3) is 0.455. The molecule has 2 aromatic rings. The summed E-state index contributed by atoms with van der Waals surface area (Å²) in [6.07, 6.45) is 1.83. The van der Waals surface area contributed by atoms with Crippen molar-refractivity contribution in [3.63, 3.8) is 0 Å². The number of pyridine rings is 1. The molecule has 5 nitrogen and oxygen atoms in total. The third kappa shape index (κ3) is 4.14. The van der Waals surface area contributed by atoms with E-state index in [1.54, 1.807) is 4.90 Å². The third-order valence-electron chi connectivity index (χ3n) is 4.95. The van der Waals surface area contributed by atoms with Gasteiger partial charge in [0.05, 0.1) is 25.1 Å². The van der Waals surface area contributed by atoms with Crippen molar-refractivity contribution < 1.29 is 9.53 Å². The van der Waals surface area contributed by atoms with Crippen molar-refractivity contribution in [1.29, 1.82) is 0 Å². The Morgan fingerprint density at radius 2 is 1.81 bits per heavy atom. The van der Waals surface area contributed by atoms with E-state index in [1.165, 1.54) is 5.56 Å². The first-order valence-corrected chi connectivity index (χ1v) is 9.46. The van der Waals surface area contributed by atoms with Crippen LogP contribution < -0.4 is 9.80 Å². The standard InChI is InChI=1S/C22H29N3O2/c1-16-8-6-7-9-17(16)18-14-20(25-10-12-27-13-11-25)23-15-19(18)24(5)21(26)22(2,3)4/h6-9,14-15H,10-13H2,1-5H3. The second-order valence-corrected chi connectivity index (χ2v) is 8.09. The van der Waals surface area contributed by atoms with Crippen LogP contribution in [-0.2, 0) is 9.53 Å². The van der Waals surface area contributed by atoms with Crippen LogP contribution in [0.25, 0.3) is 11.1 Å². The van der Waals surface area contributed by atoms with E-state index in [4.69, 9.17) is 4.74 Å². The number of carbonyl (C=O) groups excluding carboxylic acids is 1. The summed E-state index contributed by atoms with van der Waals surface area (Å²) >= 11 is 0.